The number of ether oxygens (including phenoxy) is 1. The first kappa shape index (κ1) is 15.6. The Morgan fingerprint density at radius 2 is 1.79 bits per heavy atom. The molecule has 0 spiro atoms. The van der Waals surface area contributed by atoms with E-state index >= 15 is 0 Å². The van der Waals surface area contributed by atoms with E-state index in [2.05, 4.69) is 34.1 Å². The monoisotopic (exact) mass is 364 g/mol. The molecule has 1 aromatic carbocycles. The second kappa shape index (κ2) is 7.31. The standard InChI is InChI=1S/C15H19BrCl2O/c16-14-4-2-1-3-13(14)15(10-17,11-18)9-12-5-7-19-8-6-12/h1-4,12H,5-11H2. The van der Waals surface area contributed by atoms with Crippen molar-refractivity contribution in [2.75, 3.05) is 25.0 Å². The Hall–Kier alpha value is 0.240. The molecule has 1 aromatic rings. The highest BCUT2D eigenvalue weighted by atomic mass is 79.9. The van der Waals surface area contributed by atoms with Gasteiger partial charge in [0.05, 0.1) is 0 Å². The number of halogens is 3. The van der Waals surface area contributed by atoms with Crippen LogP contribution < -0.4 is 0 Å². The van der Waals surface area contributed by atoms with Gasteiger partial charge in [-0.1, -0.05) is 34.1 Å². The summed E-state index contributed by atoms with van der Waals surface area (Å²) < 4.78 is 6.54. The molecule has 0 radical (unpaired) electrons. The third kappa shape index (κ3) is 3.66. The smallest absolute Gasteiger partial charge is 0.0468 e. The van der Waals surface area contributed by atoms with Crippen molar-refractivity contribution >= 4 is 39.1 Å². The van der Waals surface area contributed by atoms with Crippen LogP contribution in [0.25, 0.3) is 0 Å². The lowest BCUT2D eigenvalue weighted by molar-refractivity contribution is 0.0581. The van der Waals surface area contributed by atoms with E-state index in [-0.39, 0.29) is 5.41 Å². The zero-order valence-electron chi connectivity index (χ0n) is 10.9. The van der Waals surface area contributed by atoms with E-state index < -0.39 is 0 Å². The van der Waals surface area contributed by atoms with Gasteiger partial charge in [0.1, 0.15) is 0 Å². The van der Waals surface area contributed by atoms with Crippen molar-refractivity contribution in [2.24, 2.45) is 5.92 Å². The summed E-state index contributed by atoms with van der Waals surface area (Å²) in [6, 6.07) is 8.27. The number of benzene rings is 1. The van der Waals surface area contributed by atoms with Gasteiger partial charge in [-0.05, 0) is 36.8 Å². The van der Waals surface area contributed by atoms with Crippen molar-refractivity contribution in [1.82, 2.24) is 0 Å². The molecule has 1 aliphatic heterocycles. The van der Waals surface area contributed by atoms with Crippen LogP contribution in [0.2, 0.25) is 0 Å². The molecule has 0 atom stereocenters. The van der Waals surface area contributed by atoms with Crippen molar-refractivity contribution in [3.63, 3.8) is 0 Å². The van der Waals surface area contributed by atoms with E-state index in [4.69, 9.17) is 27.9 Å². The van der Waals surface area contributed by atoms with Crippen LogP contribution in [0.1, 0.15) is 24.8 Å². The van der Waals surface area contributed by atoms with Gasteiger partial charge in [-0.25, -0.2) is 0 Å². The molecule has 4 heteroatoms. The Morgan fingerprint density at radius 3 is 2.37 bits per heavy atom. The summed E-state index contributed by atoms with van der Waals surface area (Å²) in [7, 11) is 0. The minimum Gasteiger partial charge on any atom is -0.381 e. The third-order valence-electron chi connectivity index (χ3n) is 3.98. The molecule has 0 amide bonds. The maximum atomic E-state index is 6.31. The normalized spacial score (nSPS) is 17.6. The molecule has 1 heterocycles. The minimum absolute atomic E-state index is 0.148. The van der Waals surface area contributed by atoms with Gasteiger partial charge in [0.25, 0.3) is 0 Å². The maximum absolute atomic E-state index is 6.31. The van der Waals surface area contributed by atoms with E-state index in [0.717, 1.165) is 36.9 Å². The van der Waals surface area contributed by atoms with Crippen LogP contribution in [0, 0.1) is 5.92 Å². The Kier molecular flexibility index (Phi) is 6.01. The molecule has 1 saturated heterocycles. The molecule has 19 heavy (non-hydrogen) atoms. The Bertz CT molecular complexity index is 401. The van der Waals surface area contributed by atoms with Gasteiger partial charge in [-0.15, -0.1) is 23.2 Å². The molecule has 1 nitrogen and oxygen atoms in total. The second-order valence-electron chi connectivity index (χ2n) is 5.29. The van der Waals surface area contributed by atoms with Gasteiger partial charge in [0.15, 0.2) is 0 Å². The molecule has 0 bridgehead atoms. The zero-order chi connectivity index (χ0) is 13.7. The summed E-state index contributed by atoms with van der Waals surface area (Å²) in [6.45, 7) is 1.72. The summed E-state index contributed by atoms with van der Waals surface area (Å²) in [5.41, 5.74) is 1.08. The zero-order valence-corrected chi connectivity index (χ0v) is 14.0. The second-order valence-corrected chi connectivity index (χ2v) is 6.68. The van der Waals surface area contributed by atoms with Crippen molar-refractivity contribution in [2.45, 2.75) is 24.7 Å². The number of hydrogen-bond donors (Lipinski definition) is 0. The lowest BCUT2D eigenvalue weighted by atomic mass is 9.75. The Labute approximate surface area is 133 Å². The molecule has 0 aliphatic carbocycles. The molecule has 2 rings (SSSR count). The van der Waals surface area contributed by atoms with Crippen LogP contribution in [0.3, 0.4) is 0 Å². The number of rotatable bonds is 5. The molecule has 0 aromatic heterocycles. The van der Waals surface area contributed by atoms with E-state index in [1.807, 2.05) is 6.07 Å². The molecule has 0 unspecified atom stereocenters. The SMILES string of the molecule is ClCC(CCl)(CC1CCOCC1)c1ccccc1Br. The van der Waals surface area contributed by atoms with E-state index in [0.29, 0.717) is 17.7 Å². The first-order valence-electron chi connectivity index (χ1n) is 6.66. The fraction of sp³-hybridized carbons (Fsp3) is 0.600. The summed E-state index contributed by atoms with van der Waals surface area (Å²) in [4.78, 5) is 0. The number of hydrogen-bond acceptors (Lipinski definition) is 1. The lowest BCUT2D eigenvalue weighted by Crippen LogP contribution is -2.35. The van der Waals surface area contributed by atoms with Gasteiger partial charge >= 0.3 is 0 Å². The molecule has 1 aliphatic rings. The highest BCUT2D eigenvalue weighted by Crippen LogP contribution is 2.40. The van der Waals surface area contributed by atoms with E-state index in [1.165, 1.54) is 5.56 Å². The van der Waals surface area contributed by atoms with Gasteiger partial charge in [-0.3, -0.25) is 0 Å². The fourth-order valence-corrected chi connectivity index (χ4v) is 4.29. The van der Waals surface area contributed by atoms with Crippen LogP contribution in [0.15, 0.2) is 28.7 Å². The highest BCUT2D eigenvalue weighted by molar-refractivity contribution is 9.10. The van der Waals surface area contributed by atoms with Gasteiger partial charge in [-0.2, -0.15) is 0 Å². The van der Waals surface area contributed by atoms with Crippen molar-refractivity contribution < 1.29 is 4.74 Å². The van der Waals surface area contributed by atoms with E-state index in [9.17, 15) is 0 Å². The molecule has 1 fully saturated rings. The molecular formula is C15H19BrCl2O. The van der Waals surface area contributed by atoms with Gasteiger partial charge in [0.2, 0.25) is 0 Å². The average Bonchev–Trinajstić information content (AvgIpc) is 2.47. The highest BCUT2D eigenvalue weighted by Gasteiger charge is 2.35. The fourth-order valence-electron chi connectivity index (χ4n) is 2.79. The first-order chi connectivity index (χ1) is 9.22. The predicted octanol–water partition coefficient (Wildman–Crippen LogP) is 4.98. The molecule has 0 N–H and O–H groups in total. The number of alkyl halides is 2. The molecule has 0 saturated carbocycles. The van der Waals surface area contributed by atoms with Gasteiger partial charge in [0, 0.05) is 34.9 Å². The largest absolute Gasteiger partial charge is 0.381 e. The van der Waals surface area contributed by atoms with Crippen molar-refractivity contribution in [3.8, 4) is 0 Å². The van der Waals surface area contributed by atoms with Crippen LogP contribution in [-0.2, 0) is 10.2 Å². The Balaban J connectivity index is 2.23. The van der Waals surface area contributed by atoms with Crippen LogP contribution >= 0.6 is 39.1 Å². The van der Waals surface area contributed by atoms with Crippen LogP contribution in [0.4, 0.5) is 0 Å². The maximum Gasteiger partial charge on any atom is 0.0468 e. The topological polar surface area (TPSA) is 9.23 Å². The summed E-state index contributed by atoms with van der Waals surface area (Å²) >= 11 is 16.3. The third-order valence-corrected chi connectivity index (χ3v) is 5.69. The Morgan fingerprint density at radius 1 is 1.16 bits per heavy atom. The summed E-state index contributed by atoms with van der Waals surface area (Å²) in [5.74, 6) is 1.76. The summed E-state index contributed by atoms with van der Waals surface area (Å²) in [5, 5.41) is 0. The van der Waals surface area contributed by atoms with Crippen LogP contribution in [-0.4, -0.2) is 25.0 Å². The summed E-state index contributed by atoms with van der Waals surface area (Å²) in [6.07, 6.45) is 3.26. The van der Waals surface area contributed by atoms with Crippen molar-refractivity contribution in [1.29, 1.82) is 0 Å². The van der Waals surface area contributed by atoms with Gasteiger partial charge < -0.3 is 4.74 Å². The minimum atomic E-state index is -0.148. The molecular weight excluding hydrogens is 347 g/mol. The van der Waals surface area contributed by atoms with E-state index in [1.54, 1.807) is 0 Å². The van der Waals surface area contributed by atoms with Crippen molar-refractivity contribution in [3.05, 3.63) is 34.3 Å². The quantitative estimate of drug-likeness (QED) is 0.668. The first-order valence-corrected chi connectivity index (χ1v) is 8.53. The lowest BCUT2D eigenvalue weighted by Gasteiger charge is -2.36. The predicted molar refractivity (Wildman–Crippen MR) is 85.4 cm³/mol. The van der Waals surface area contributed by atoms with Crippen LogP contribution in [0.5, 0.6) is 0 Å². The molecule has 106 valence electrons. The average molecular weight is 366 g/mol.